The third-order valence-electron chi connectivity index (χ3n) is 6.47. The van der Waals surface area contributed by atoms with Crippen molar-refractivity contribution in [2.24, 2.45) is 11.8 Å². The first-order valence-electron chi connectivity index (χ1n) is 10.2. The van der Waals surface area contributed by atoms with E-state index in [4.69, 9.17) is 4.42 Å². The zero-order valence-electron chi connectivity index (χ0n) is 15.4. The summed E-state index contributed by atoms with van der Waals surface area (Å²) in [5.74, 6) is 3.14. The number of rotatable bonds is 5. The van der Waals surface area contributed by atoms with Crippen LogP contribution in [0.15, 0.2) is 34.7 Å². The van der Waals surface area contributed by atoms with Crippen LogP contribution in [0.25, 0.3) is 11.5 Å². The zero-order chi connectivity index (χ0) is 17.3. The minimum absolute atomic E-state index is 0.630. The molecule has 4 aliphatic rings. The van der Waals surface area contributed by atoms with Crippen LogP contribution >= 0.6 is 0 Å². The molecular formula is C21H28N4O. The summed E-state index contributed by atoms with van der Waals surface area (Å²) in [7, 11) is 0. The molecule has 2 bridgehead atoms. The molecule has 1 aromatic heterocycles. The van der Waals surface area contributed by atoms with Crippen molar-refractivity contribution in [1.82, 2.24) is 20.0 Å². The van der Waals surface area contributed by atoms with Gasteiger partial charge >= 0.3 is 0 Å². The van der Waals surface area contributed by atoms with Gasteiger partial charge in [-0.15, -0.1) is 10.2 Å². The average Bonchev–Trinajstić information content (AvgIpc) is 2.92. The lowest BCUT2D eigenvalue weighted by Gasteiger charge is -2.40. The Balaban J connectivity index is 1.24. The van der Waals surface area contributed by atoms with Gasteiger partial charge in [-0.1, -0.05) is 24.6 Å². The van der Waals surface area contributed by atoms with E-state index < -0.39 is 0 Å². The van der Waals surface area contributed by atoms with Crippen LogP contribution < -0.4 is 0 Å². The van der Waals surface area contributed by atoms with E-state index in [2.05, 4.69) is 20.0 Å². The van der Waals surface area contributed by atoms with E-state index in [9.17, 15) is 0 Å². The SMILES string of the molecule is c1ccc(-c2nnc(CN3C[C@H]4CC[C@@H](C3)N(CC3CCC3)C4)o2)cc1. The van der Waals surface area contributed by atoms with Crippen molar-refractivity contribution in [2.45, 2.75) is 44.7 Å². The van der Waals surface area contributed by atoms with E-state index in [0.717, 1.165) is 36.4 Å². The average molecular weight is 352 g/mol. The largest absolute Gasteiger partial charge is 0.419 e. The van der Waals surface area contributed by atoms with Gasteiger partial charge < -0.3 is 4.42 Å². The molecule has 2 atom stereocenters. The molecule has 0 unspecified atom stereocenters. The number of benzene rings is 1. The summed E-state index contributed by atoms with van der Waals surface area (Å²) in [5.41, 5.74) is 0.994. The Kier molecular flexibility index (Phi) is 4.51. The van der Waals surface area contributed by atoms with Crippen LogP contribution in [0.4, 0.5) is 0 Å². The molecule has 4 heterocycles. The smallest absolute Gasteiger partial charge is 0.247 e. The van der Waals surface area contributed by atoms with Gasteiger partial charge in [0.2, 0.25) is 11.8 Å². The highest BCUT2D eigenvalue weighted by Crippen LogP contribution is 2.33. The van der Waals surface area contributed by atoms with Gasteiger partial charge in [-0.3, -0.25) is 9.80 Å². The first kappa shape index (κ1) is 16.5. The maximum Gasteiger partial charge on any atom is 0.247 e. The normalized spacial score (nSPS) is 27.4. The number of nitrogens with zero attached hydrogens (tertiary/aromatic N) is 4. The van der Waals surface area contributed by atoms with Gasteiger partial charge in [0.1, 0.15) is 0 Å². The Hall–Kier alpha value is -1.72. The lowest BCUT2D eigenvalue weighted by atomic mass is 9.83. The number of piperidine rings is 1. The third kappa shape index (κ3) is 3.42. The molecule has 0 N–H and O–H groups in total. The van der Waals surface area contributed by atoms with Crippen molar-refractivity contribution in [3.63, 3.8) is 0 Å². The van der Waals surface area contributed by atoms with Crippen molar-refractivity contribution < 1.29 is 4.42 Å². The van der Waals surface area contributed by atoms with Gasteiger partial charge in [0, 0.05) is 37.8 Å². The van der Waals surface area contributed by atoms with E-state index in [-0.39, 0.29) is 0 Å². The van der Waals surface area contributed by atoms with Crippen molar-refractivity contribution in [1.29, 1.82) is 0 Å². The zero-order valence-corrected chi connectivity index (χ0v) is 15.4. The second-order valence-corrected chi connectivity index (χ2v) is 8.41. The molecule has 3 aliphatic heterocycles. The topological polar surface area (TPSA) is 45.4 Å². The number of fused-ring (bicyclic) bond motifs is 4. The molecule has 26 heavy (non-hydrogen) atoms. The third-order valence-corrected chi connectivity index (χ3v) is 6.47. The Bertz CT molecular complexity index is 727. The molecule has 0 radical (unpaired) electrons. The van der Waals surface area contributed by atoms with Crippen molar-refractivity contribution in [2.75, 3.05) is 26.2 Å². The standard InChI is InChI=1S/C21H28N4O/c1-2-7-18(8-3-1)21-23-22-20(26-21)15-24-11-17-9-10-19(14-24)25(13-17)12-16-5-4-6-16/h1-3,7-8,16-17,19H,4-6,9-15H2/t17-,19+/m1/s1. The summed E-state index contributed by atoms with van der Waals surface area (Å²) < 4.78 is 5.94. The molecule has 1 saturated carbocycles. The number of hydrogen-bond acceptors (Lipinski definition) is 5. The van der Waals surface area contributed by atoms with Crippen LogP contribution in [-0.2, 0) is 6.54 Å². The Morgan fingerprint density at radius 2 is 1.85 bits per heavy atom. The van der Waals surface area contributed by atoms with Crippen LogP contribution in [0.5, 0.6) is 0 Å². The lowest BCUT2D eigenvalue weighted by molar-refractivity contribution is 0.0888. The highest BCUT2D eigenvalue weighted by atomic mass is 16.4. The molecule has 1 aliphatic carbocycles. The molecule has 6 rings (SSSR count). The van der Waals surface area contributed by atoms with Crippen LogP contribution in [0.1, 0.15) is 38.0 Å². The van der Waals surface area contributed by atoms with E-state index >= 15 is 0 Å². The van der Waals surface area contributed by atoms with Gasteiger partial charge in [-0.05, 0) is 49.7 Å². The van der Waals surface area contributed by atoms with Crippen LogP contribution in [0, 0.1) is 11.8 Å². The molecule has 3 saturated heterocycles. The molecule has 5 heteroatoms. The van der Waals surface area contributed by atoms with Gasteiger partial charge in [-0.2, -0.15) is 0 Å². The van der Waals surface area contributed by atoms with Gasteiger partial charge in [0.25, 0.3) is 0 Å². The predicted molar refractivity (Wildman–Crippen MR) is 100 cm³/mol. The van der Waals surface area contributed by atoms with Gasteiger partial charge in [0.05, 0.1) is 6.54 Å². The Morgan fingerprint density at radius 1 is 0.962 bits per heavy atom. The minimum atomic E-state index is 0.630. The molecule has 2 aromatic rings. The van der Waals surface area contributed by atoms with E-state index in [0.29, 0.717) is 11.9 Å². The summed E-state index contributed by atoms with van der Waals surface area (Å²) in [5, 5.41) is 8.55. The van der Waals surface area contributed by atoms with E-state index in [1.165, 1.54) is 51.7 Å². The summed E-state index contributed by atoms with van der Waals surface area (Å²) >= 11 is 0. The maximum absolute atomic E-state index is 5.94. The fourth-order valence-corrected chi connectivity index (χ4v) is 4.84. The fraction of sp³-hybridized carbons (Fsp3) is 0.619. The second-order valence-electron chi connectivity index (χ2n) is 8.41. The summed E-state index contributed by atoms with van der Waals surface area (Å²) in [6.07, 6.45) is 7.07. The molecule has 0 amide bonds. The summed E-state index contributed by atoms with van der Waals surface area (Å²) in [6.45, 7) is 5.71. The highest BCUT2D eigenvalue weighted by Gasteiger charge is 2.36. The maximum atomic E-state index is 5.94. The van der Waals surface area contributed by atoms with Crippen LogP contribution in [0.2, 0.25) is 0 Å². The van der Waals surface area contributed by atoms with Gasteiger partial charge in [-0.25, -0.2) is 0 Å². The van der Waals surface area contributed by atoms with E-state index in [1.807, 2.05) is 30.3 Å². The fourth-order valence-electron chi connectivity index (χ4n) is 4.84. The number of aromatic nitrogens is 2. The van der Waals surface area contributed by atoms with E-state index in [1.54, 1.807) is 0 Å². The van der Waals surface area contributed by atoms with Crippen LogP contribution in [-0.4, -0.2) is 52.2 Å². The minimum Gasteiger partial charge on any atom is -0.419 e. The quantitative estimate of drug-likeness (QED) is 0.825. The van der Waals surface area contributed by atoms with Gasteiger partial charge in [0.15, 0.2) is 0 Å². The molecular weight excluding hydrogens is 324 g/mol. The molecule has 138 valence electrons. The monoisotopic (exact) mass is 352 g/mol. The number of hydrogen-bond donors (Lipinski definition) is 0. The van der Waals surface area contributed by atoms with Crippen molar-refractivity contribution in [3.8, 4) is 11.5 Å². The molecule has 5 nitrogen and oxygen atoms in total. The van der Waals surface area contributed by atoms with Crippen molar-refractivity contribution in [3.05, 3.63) is 36.2 Å². The predicted octanol–water partition coefficient (Wildman–Crippen LogP) is 3.43. The summed E-state index contributed by atoms with van der Waals surface area (Å²) in [4.78, 5) is 5.34. The Labute approximate surface area is 155 Å². The highest BCUT2D eigenvalue weighted by molar-refractivity contribution is 5.51. The molecule has 1 aromatic carbocycles. The first-order chi connectivity index (χ1) is 12.8. The molecule has 4 fully saturated rings. The van der Waals surface area contributed by atoms with Crippen molar-refractivity contribution >= 4 is 0 Å². The Morgan fingerprint density at radius 3 is 2.65 bits per heavy atom. The lowest BCUT2D eigenvalue weighted by Crippen LogP contribution is -2.46. The summed E-state index contributed by atoms with van der Waals surface area (Å²) in [6, 6.07) is 10.8. The van der Waals surface area contributed by atoms with Crippen LogP contribution in [0.3, 0.4) is 0 Å². The first-order valence-corrected chi connectivity index (χ1v) is 10.2. The molecule has 0 spiro atoms. The second kappa shape index (κ2) is 7.12.